The summed E-state index contributed by atoms with van der Waals surface area (Å²) < 4.78 is 3.84. The third-order valence-corrected chi connectivity index (χ3v) is 3.45. The normalized spacial score (nSPS) is 12.7. The van der Waals surface area contributed by atoms with Gasteiger partial charge in [-0.15, -0.1) is 12.4 Å². The highest BCUT2D eigenvalue weighted by atomic mass is 79.9. The van der Waals surface area contributed by atoms with Gasteiger partial charge in [0.2, 0.25) is 5.91 Å². The maximum atomic E-state index is 11.3. The van der Waals surface area contributed by atoms with Crippen molar-refractivity contribution in [1.82, 2.24) is 5.32 Å². The number of carbonyl (C=O) groups is 2. The molecule has 3 N–H and O–H groups in total. The molecule has 1 saturated heterocycles. The van der Waals surface area contributed by atoms with Gasteiger partial charge < -0.3 is 10.5 Å². The molecule has 0 unspecified atom stereocenters. The number of hydrogen-bond acceptors (Lipinski definition) is 3. The topological polar surface area (TPSA) is 84.7 Å². The third-order valence-electron chi connectivity index (χ3n) is 1.97. The Morgan fingerprint density at radius 1 is 1.38 bits per heavy atom. The van der Waals surface area contributed by atoms with Crippen LogP contribution in [0.4, 0.5) is 4.79 Å². The molecule has 0 aromatic carbocycles. The van der Waals surface area contributed by atoms with E-state index in [4.69, 9.17) is 5.73 Å². The number of primary amides is 1. The van der Waals surface area contributed by atoms with E-state index in [2.05, 4.69) is 20.7 Å². The summed E-state index contributed by atoms with van der Waals surface area (Å²) in [6, 6.07) is -0.814. The zero-order chi connectivity index (χ0) is 11.9. The van der Waals surface area contributed by atoms with Gasteiger partial charge in [-0.1, -0.05) is 29.8 Å². The average Bonchev–Trinajstić information content (AvgIpc) is 3.02. The molecule has 0 aliphatic carbocycles. The zero-order valence-electron chi connectivity index (χ0n) is 9.42. The minimum absolute atomic E-state index is 0. The van der Waals surface area contributed by atoms with Gasteiger partial charge in [0.25, 0.3) is 0 Å². The smallest absolute Gasteiger partial charge is 0.318 e. The quantitative estimate of drug-likeness (QED) is 0.612. The number of alkyl halides is 1. The molecule has 0 radical (unpaired) electrons. The number of imide groups is 1. The molecule has 0 aromatic rings. The highest BCUT2D eigenvalue weighted by Crippen LogP contribution is 2.26. The summed E-state index contributed by atoms with van der Waals surface area (Å²) in [5, 5.41) is 2.04. The van der Waals surface area contributed by atoms with Crippen LogP contribution < -0.4 is 11.1 Å². The van der Waals surface area contributed by atoms with Gasteiger partial charge in [0, 0.05) is 0 Å². The van der Waals surface area contributed by atoms with Crippen molar-refractivity contribution in [3.63, 3.8) is 0 Å². The standard InChI is InChI=1S/C7H13BrN2O2.C2H4O.ClH/c1-3-7(8,4-2)5(11)10-6(9)12;1-2-3-1;/h3-4H2,1-2H3,(H3,9,10,11,12);1-2H2;1H. The number of epoxide rings is 1. The van der Waals surface area contributed by atoms with E-state index in [1.807, 2.05) is 19.2 Å². The Morgan fingerprint density at radius 3 is 1.94 bits per heavy atom. The van der Waals surface area contributed by atoms with Crippen molar-refractivity contribution in [1.29, 1.82) is 0 Å². The molecule has 5 nitrogen and oxygen atoms in total. The predicted molar refractivity (Wildman–Crippen MR) is 68.0 cm³/mol. The van der Waals surface area contributed by atoms with Crippen molar-refractivity contribution in [2.24, 2.45) is 5.73 Å². The molecule has 3 amide bonds. The van der Waals surface area contributed by atoms with Crippen LogP contribution in [0.15, 0.2) is 0 Å². The fourth-order valence-electron chi connectivity index (χ4n) is 0.795. The van der Waals surface area contributed by atoms with Gasteiger partial charge in [0.15, 0.2) is 0 Å². The van der Waals surface area contributed by atoms with E-state index in [0.29, 0.717) is 12.8 Å². The van der Waals surface area contributed by atoms with Crippen molar-refractivity contribution >= 4 is 40.3 Å². The number of rotatable bonds is 3. The summed E-state index contributed by atoms with van der Waals surface area (Å²) in [5.74, 6) is -0.375. The van der Waals surface area contributed by atoms with Crippen molar-refractivity contribution in [2.75, 3.05) is 13.2 Å². The van der Waals surface area contributed by atoms with Gasteiger partial charge in [0.05, 0.1) is 13.2 Å². The molecular weight excluding hydrogens is 299 g/mol. The molecule has 0 atom stereocenters. The molecule has 1 heterocycles. The number of nitrogens with one attached hydrogen (secondary N) is 1. The highest BCUT2D eigenvalue weighted by Gasteiger charge is 2.32. The summed E-state index contributed by atoms with van der Waals surface area (Å²) in [7, 11) is 0. The van der Waals surface area contributed by atoms with Crippen LogP contribution in [0.1, 0.15) is 26.7 Å². The lowest BCUT2D eigenvalue weighted by Crippen LogP contribution is -2.46. The summed E-state index contributed by atoms with van der Waals surface area (Å²) in [4.78, 5) is 21.6. The molecule has 1 aliphatic heterocycles. The van der Waals surface area contributed by atoms with Crippen LogP contribution in [-0.2, 0) is 9.53 Å². The predicted octanol–water partition coefficient (Wildman–Crippen LogP) is 1.57. The summed E-state index contributed by atoms with van der Waals surface area (Å²) in [6.07, 6.45) is 1.23. The van der Waals surface area contributed by atoms with Gasteiger partial charge in [-0.05, 0) is 12.8 Å². The Labute approximate surface area is 110 Å². The lowest BCUT2D eigenvalue weighted by Gasteiger charge is -2.21. The van der Waals surface area contributed by atoms with Crippen molar-refractivity contribution in [2.45, 2.75) is 31.0 Å². The minimum Gasteiger partial charge on any atom is -0.377 e. The summed E-state index contributed by atoms with van der Waals surface area (Å²) in [5.41, 5.74) is 4.81. The SMILES string of the molecule is C1CO1.CCC(Br)(CC)C(=O)NC(N)=O.Cl. The number of urea groups is 1. The van der Waals surface area contributed by atoms with Gasteiger partial charge in [0.1, 0.15) is 4.32 Å². The first-order valence-electron chi connectivity index (χ1n) is 4.83. The lowest BCUT2D eigenvalue weighted by atomic mass is 10.0. The molecule has 1 rings (SSSR count). The second kappa shape index (κ2) is 8.78. The zero-order valence-corrected chi connectivity index (χ0v) is 11.8. The van der Waals surface area contributed by atoms with E-state index < -0.39 is 10.4 Å². The third kappa shape index (κ3) is 7.90. The van der Waals surface area contributed by atoms with Crippen LogP contribution in [0.2, 0.25) is 0 Å². The van der Waals surface area contributed by atoms with Gasteiger partial charge >= 0.3 is 6.03 Å². The monoisotopic (exact) mass is 316 g/mol. The maximum Gasteiger partial charge on any atom is 0.318 e. The average molecular weight is 318 g/mol. The Kier molecular flexibility index (Phi) is 9.90. The Morgan fingerprint density at radius 2 is 1.75 bits per heavy atom. The van der Waals surface area contributed by atoms with Gasteiger partial charge in [-0.25, -0.2) is 4.79 Å². The number of amides is 3. The lowest BCUT2D eigenvalue weighted by molar-refractivity contribution is -0.122. The molecule has 0 bridgehead atoms. The molecular formula is C9H18BrClN2O3. The molecule has 1 aliphatic rings. The van der Waals surface area contributed by atoms with E-state index in [1.165, 1.54) is 0 Å². The first-order valence-corrected chi connectivity index (χ1v) is 5.63. The van der Waals surface area contributed by atoms with E-state index >= 15 is 0 Å². The molecule has 0 aromatic heterocycles. The Bertz CT molecular complexity index is 230. The van der Waals surface area contributed by atoms with Crippen molar-refractivity contribution in [3.8, 4) is 0 Å². The number of ether oxygens (including phenoxy) is 1. The maximum absolute atomic E-state index is 11.3. The fourth-order valence-corrected chi connectivity index (χ4v) is 0.894. The van der Waals surface area contributed by atoms with E-state index in [-0.39, 0.29) is 18.3 Å². The van der Waals surface area contributed by atoms with E-state index in [1.54, 1.807) is 0 Å². The summed E-state index contributed by atoms with van der Waals surface area (Å²) >= 11 is 3.26. The second-order valence-corrected chi connectivity index (χ2v) is 4.62. The minimum atomic E-state index is -0.814. The Balaban J connectivity index is 0. The molecule has 1 fully saturated rings. The van der Waals surface area contributed by atoms with Crippen molar-refractivity contribution < 1.29 is 14.3 Å². The second-order valence-electron chi connectivity index (χ2n) is 3.10. The summed E-state index contributed by atoms with van der Waals surface area (Å²) in [6.45, 7) is 5.72. The van der Waals surface area contributed by atoms with Crippen LogP contribution in [0.5, 0.6) is 0 Å². The molecule has 96 valence electrons. The van der Waals surface area contributed by atoms with Crippen LogP contribution >= 0.6 is 28.3 Å². The molecule has 0 spiro atoms. The number of hydrogen-bond donors (Lipinski definition) is 2. The molecule has 7 heteroatoms. The highest BCUT2D eigenvalue weighted by molar-refractivity contribution is 9.10. The van der Waals surface area contributed by atoms with E-state index in [0.717, 1.165) is 13.2 Å². The molecule has 16 heavy (non-hydrogen) atoms. The number of halogens is 2. The van der Waals surface area contributed by atoms with Gasteiger partial charge in [-0.3, -0.25) is 10.1 Å². The van der Waals surface area contributed by atoms with Gasteiger partial charge in [-0.2, -0.15) is 0 Å². The first-order chi connectivity index (χ1) is 6.96. The van der Waals surface area contributed by atoms with Crippen LogP contribution in [0.25, 0.3) is 0 Å². The van der Waals surface area contributed by atoms with Crippen LogP contribution in [0.3, 0.4) is 0 Å². The van der Waals surface area contributed by atoms with Crippen LogP contribution in [0, 0.1) is 0 Å². The molecule has 0 saturated carbocycles. The van der Waals surface area contributed by atoms with Crippen LogP contribution in [-0.4, -0.2) is 29.5 Å². The number of carbonyl (C=O) groups excluding carboxylic acids is 2. The largest absolute Gasteiger partial charge is 0.377 e. The Hall–Kier alpha value is -0.330. The fraction of sp³-hybridized carbons (Fsp3) is 0.778. The van der Waals surface area contributed by atoms with E-state index in [9.17, 15) is 9.59 Å². The van der Waals surface area contributed by atoms with Crippen molar-refractivity contribution in [3.05, 3.63) is 0 Å². The first kappa shape index (κ1) is 18.0. The number of nitrogens with two attached hydrogens (primary N) is 1.